The second kappa shape index (κ2) is 4.30. The van der Waals surface area contributed by atoms with E-state index in [0.717, 1.165) is 30.1 Å². The highest BCUT2D eigenvalue weighted by Gasteiger charge is 2.45. The van der Waals surface area contributed by atoms with Gasteiger partial charge in [0.1, 0.15) is 0 Å². The van der Waals surface area contributed by atoms with Crippen LogP contribution in [-0.4, -0.2) is 36.1 Å². The van der Waals surface area contributed by atoms with Gasteiger partial charge in [-0.15, -0.1) is 0 Å². The lowest BCUT2D eigenvalue weighted by Gasteiger charge is -2.44. The minimum absolute atomic E-state index is 0.797. The second-order valence-electron chi connectivity index (χ2n) is 6.26. The Labute approximate surface area is 99.8 Å². The molecule has 16 heavy (non-hydrogen) atoms. The van der Waals surface area contributed by atoms with Crippen LogP contribution in [-0.2, 0) is 0 Å². The maximum Gasteiger partial charge on any atom is 0.0127 e. The van der Waals surface area contributed by atoms with E-state index in [-0.39, 0.29) is 0 Å². The molecule has 3 fully saturated rings. The van der Waals surface area contributed by atoms with Crippen molar-refractivity contribution in [2.24, 2.45) is 5.92 Å². The van der Waals surface area contributed by atoms with E-state index in [2.05, 4.69) is 24.2 Å². The minimum Gasteiger partial charge on any atom is -0.317 e. The van der Waals surface area contributed by atoms with Crippen molar-refractivity contribution in [1.82, 2.24) is 10.2 Å². The number of rotatable bonds is 2. The Bertz CT molecular complexity index is 239. The third-order valence-electron chi connectivity index (χ3n) is 5.40. The largest absolute Gasteiger partial charge is 0.317 e. The SMILES string of the molecule is CNC1CC2CCC(C1)N2C1CCCC1C. The van der Waals surface area contributed by atoms with Gasteiger partial charge >= 0.3 is 0 Å². The molecule has 0 aromatic rings. The first-order valence-corrected chi connectivity index (χ1v) is 7.24. The van der Waals surface area contributed by atoms with Crippen molar-refractivity contribution in [3.8, 4) is 0 Å². The molecule has 0 spiro atoms. The molecule has 0 aromatic carbocycles. The van der Waals surface area contributed by atoms with Gasteiger partial charge in [0, 0.05) is 24.2 Å². The van der Waals surface area contributed by atoms with Crippen molar-refractivity contribution < 1.29 is 0 Å². The smallest absolute Gasteiger partial charge is 0.0127 e. The number of fused-ring (bicyclic) bond motifs is 2. The van der Waals surface area contributed by atoms with Gasteiger partial charge in [-0.2, -0.15) is 0 Å². The number of nitrogens with one attached hydrogen (secondary N) is 1. The second-order valence-corrected chi connectivity index (χ2v) is 6.26. The van der Waals surface area contributed by atoms with Crippen LogP contribution in [0.3, 0.4) is 0 Å². The molecule has 1 N–H and O–H groups in total. The summed E-state index contributed by atoms with van der Waals surface area (Å²) in [6.45, 7) is 2.47. The highest BCUT2D eigenvalue weighted by Crippen LogP contribution is 2.42. The summed E-state index contributed by atoms with van der Waals surface area (Å²) < 4.78 is 0. The summed E-state index contributed by atoms with van der Waals surface area (Å²) in [4.78, 5) is 2.94. The normalized spacial score (nSPS) is 48.8. The molecule has 0 aromatic heterocycles. The van der Waals surface area contributed by atoms with Crippen LogP contribution >= 0.6 is 0 Å². The predicted molar refractivity (Wildman–Crippen MR) is 67.5 cm³/mol. The highest BCUT2D eigenvalue weighted by atomic mass is 15.3. The Morgan fingerprint density at radius 3 is 2.19 bits per heavy atom. The molecule has 2 nitrogen and oxygen atoms in total. The van der Waals surface area contributed by atoms with Gasteiger partial charge in [0.25, 0.3) is 0 Å². The average Bonchev–Trinajstić information content (AvgIpc) is 2.79. The Kier molecular flexibility index (Phi) is 2.97. The van der Waals surface area contributed by atoms with E-state index in [4.69, 9.17) is 0 Å². The quantitative estimate of drug-likeness (QED) is 0.772. The summed E-state index contributed by atoms with van der Waals surface area (Å²) in [5.41, 5.74) is 0. The molecule has 3 rings (SSSR count). The molecular weight excluding hydrogens is 196 g/mol. The van der Waals surface area contributed by atoms with E-state index in [1.807, 2.05) is 0 Å². The Morgan fingerprint density at radius 1 is 1.00 bits per heavy atom. The van der Waals surface area contributed by atoms with Crippen molar-refractivity contribution in [2.75, 3.05) is 7.05 Å². The lowest BCUT2D eigenvalue weighted by Crippen LogP contribution is -2.53. The number of nitrogens with zero attached hydrogens (tertiary/aromatic N) is 1. The van der Waals surface area contributed by atoms with Gasteiger partial charge in [0.2, 0.25) is 0 Å². The Hall–Kier alpha value is -0.0800. The topological polar surface area (TPSA) is 15.3 Å². The van der Waals surface area contributed by atoms with E-state index in [1.54, 1.807) is 0 Å². The van der Waals surface area contributed by atoms with Crippen molar-refractivity contribution in [2.45, 2.75) is 76.0 Å². The monoisotopic (exact) mass is 222 g/mol. The standard InChI is InChI=1S/C14H26N2/c1-10-4-3-5-14(10)16-12-6-7-13(16)9-11(8-12)15-2/h10-15H,3-9H2,1-2H3. The summed E-state index contributed by atoms with van der Waals surface area (Å²) in [6, 6.07) is 3.53. The zero-order valence-corrected chi connectivity index (χ0v) is 10.8. The molecule has 92 valence electrons. The highest BCUT2D eigenvalue weighted by molar-refractivity contribution is 5.01. The third kappa shape index (κ3) is 1.70. The molecule has 1 aliphatic carbocycles. The van der Waals surface area contributed by atoms with Crippen LogP contribution in [0.2, 0.25) is 0 Å². The molecule has 4 atom stereocenters. The van der Waals surface area contributed by atoms with E-state index >= 15 is 0 Å². The summed E-state index contributed by atoms with van der Waals surface area (Å²) in [6.07, 6.45) is 10.1. The first-order chi connectivity index (χ1) is 7.79. The van der Waals surface area contributed by atoms with E-state index in [9.17, 15) is 0 Å². The maximum absolute atomic E-state index is 3.50. The summed E-state index contributed by atoms with van der Waals surface area (Å²) in [5, 5.41) is 3.50. The zero-order chi connectivity index (χ0) is 11.1. The summed E-state index contributed by atoms with van der Waals surface area (Å²) in [5.74, 6) is 0.953. The van der Waals surface area contributed by atoms with E-state index < -0.39 is 0 Å². The van der Waals surface area contributed by atoms with Gasteiger partial charge in [-0.3, -0.25) is 4.90 Å². The van der Waals surface area contributed by atoms with Gasteiger partial charge in [-0.05, 0) is 51.5 Å². The van der Waals surface area contributed by atoms with Gasteiger partial charge in [0.05, 0.1) is 0 Å². The summed E-state index contributed by atoms with van der Waals surface area (Å²) >= 11 is 0. The van der Waals surface area contributed by atoms with Gasteiger partial charge in [-0.25, -0.2) is 0 Å². The molecule has 4 unspecified atom stereocenters. The average molecular weight is 222 g/mol. The molecule has 0 radical (unpaired) electrons. The van der Waals surface area contributed by atoms with Crippen LogP contribution in [0.5, 0.6) is 0 Å². The van der Waals surface area contributed by atoms with E-state index in [1.165, 1.54) is 44.9 Å². The molecule has 2 heterocycles. The fourth-order valence-corrected chi connectivity index (χ4v) is 4.56. The van der Waals surface area contributed by atoms with Crippen LogP contribution in [0.15, 0.2) is 0 Å². The Balaban J connectivity index is 1.73. The third-order valence-corrected chi connectivity index (χ3v) is 5.40. The Morgan fingerprint density at radius 2 is 1.69 bits per heavy atom. The molecular formula is C14H26N2. The van der Waals surface area contributed by atoms with Gasteiger partial charge in [-0.1, -0.05) is 13.3 Å². The first kappa shape index (κ1) is 11.0. The van der Waals surface area contributed by atoms with Crippen molar-refractivity contribution in [3.05, 3.63) is 0 Å². The first-order valence-electron chi connectivity index (χ1n) is 7.24. The molecule has 2 heteroatoms. The maximum atomic E-state index is 3.50. The number of piperidine rings is 1. The van der Waals surface area contributed by atoms with Crippen LogP contribution in [0, 0.1) is 5.92 Å². The fraction of sp³-hybridized carbons (Fsp3) is 1.00. The molecule has 0 amide bonds. The fourth-order valence-electron chi connectivity index (χ4n) is 4.56. The number of hydrogen-bond donors (Lipinski definition) is 1. The van der Waals surface area contributed by atoms with Crippen molar-refractivity contribution in [3.63, 3.8) is 0 Å². The predicted octanol–water partition coefficient (Wildman–Crippen LogP) is 2.39. The molecule has 3 aliphatic rings. The van der Waals surface area contributed by atoms with Gasteiger partial charge < -0.3 is 5.32 Å². The van der Waals surface area contributed by atoms with Crippen LogP contribution in [0.4, 0.5) is 0 Å². The van der Waals surface area contributed by atoms with Crippen LogP contribution < -0.4 is 5.32 Å². The molecule has 2 bridgehead atoms. The van der Waals surface area contributed by atoms with Crippen LogP contribution in [0.1, 0.15) is 51.9 Å². The molecule has 2 saturated heterocycles. The lowest BCUT2D eigenvalue weighted by molar-refractivity contribution is 0.0563. The summed E-state index contributed by atoms with van der Waals surface area (Å²) in [7, 11) is 2.14. The van der Waals surface area contributed by atoms with Gasteiger partial charge in [0.15, 0.2) is 0 Å². The zero-order valence-electron chi connectivity index (χ0n) is 10.8. The van der Waals surface area contributed by atoms with Crippen molar-refractivity contribution >= 4 is 0 Å². The lowest BCUT2D eigenvalue weighted by atomic mass is 9.93. The number of hydrogen-bond acceptors (Lipinski definition) is 2. The van der Waals surface area contributed by atoms with Crippen LogP contribution in [0.25, 0.3) is 0 Å². The molecule has 2 aliphatic heterocycles. The van der Waals surface area contributed by atoms with Crippen molar-refractivity contribution in [1.29, 1.82) is 0 Å². The van der Waals surface area contributed by atoms with E-state index in [0.29, 0.717) is 0 Å². The minimum atomic E-state index is 0.797. The molecule has 1 saturated carbocycles.